The Morgan fingerprint density at radius 3 is 2.72 bits per heavy atom. The van der Waals surface area contributed by atoms with Crippen LogP contribution in [-0.2, 0) is 4.79 Å². The van der Waals surface area contributed by atoms with Crippen molar-refractivity contribution in [3.8, 4) is 0 Å². The number of nitrogens with zero attached hydrogens (tertiary/aromatic N) is 2. The highest BCUT2D eigenvalue weighted by Crippen LogP contribution is 2.32. The minimum Gasteiger partial charge on any atom is -0.481 e. The van der Waals surface area contributed by atoms with Crippen LogP contribution < -0.4 is 10.2 Å². The van der Waals surface area contributed by atoms with Crippen molar-refractivity contribution in [3.63, 3.8) is 0 Å². The number of anilines is 1. The Kier molecular flexibility index (Phi) is 4.60. The largest absolute Gasteiger partial charge is 0.481 e. The Bertz CT molecular complexity index is 739. The molecule has 1 unspecified atom stereocenters. The van der Waals surface area contributed by atoms with Crippen LogP contribution in [0.2, 0.25) is 5.02 Å². The van der Waals surface area contributed by atoms with Crippen LogP contribution in [0.1, 0.15) is 30.1 Å². The zero-order chi connectivity index (χ0) is 18.2. The molecule has 2 N–H and O–H groups in total. The molecule has 2 saturated heterocycles. The molecule has 2 aliphatic heterocycles. The Morgan fingerprint density at radius 2 is 2.08 bits per heavy atom. The summed E-state index contributed by atoms with van der Waals surface area (Å²) in [6.45, 7) is 3.36. The number of halogens is 1. The Balaban J connectivity index is 1.86. The van der Waals surface area contributed by atoms with Gasteiger partial charge in [0.2, 0.25) is 0 Å². The Morgan fingerprint density at radius 1 is 1.32 bits per heavy atom. The quantitative estimate of drug-likeness (QED) is 0.859. The molecule has 2 fully saturated rings. The molecule has 8 heteroatoms. The van der Waals surface area contributed by atoms with E-state index in [9.17, 15) is 19.5 Å². The molecule has 0 spiro atoms. The van der Waals surface area contributed by atoms with Crippen molar-refractivity contribution >= 4 is 35.2 Å². The van der Waals surface area contributed by atoms with Crippen LogP contribution in [0.3, 0.4) is 0 Å². The summed E-state index contributed by atoms with van der Waals surface area (Å²) in [7, 11) is 0. The predicted octanol–water partition coefficient (Wildman–Crippen LogP) is 2.20. The van der Waals surface area contributed by atoms with Gasteiger partial charge in [-0.3, -0.25) is 14.5 Å². The first kappa shape index (κ1) is 17.5. The zero-order valence-electron chi connectivity index (χ0n) is 13.9. The predicted molar refractivity (Wildman–Crippen MR) is 93.1 cm³/mol. The van der Waals surface area contributed by atoms with Gasteiger partial charge in [0.25, 0.3) is 5.91 Å². The normalized spacial score (nSPS) is 23.5. The number of rotatable bonds is 3. The second kappa shape index (κ2) is 6.55. The van der Waals surface area contributed by atoms with Gasteiger partial charge in [-0.2, -0.15) is 0 Å². The summed E-state index contributed by atoms with van der Waals surface area (Å²) in [6, 6.07) is 4.68. The third-order valence-corrected chi connectivity index (χ3v) is 5.18. The second-order valence-electron chi connectivity index (χ2n) is 6.74. The number of amides is 3. The maximum atomic E-state index is 12.9. The lowest BCUT2D eigenvalue weighted by atomic mass is 9.82. The average Bonchev–Trinajstić information content (AvgIpc) is 3.01. The molecule has 134 valence electrons. The summed E-state index contributed by atoms with van der Waals surface area (Å²) < 4.78 is 0. The highest BCUT2D eigenvalue weighted by atomic mass is 35.5. The summed E-state index contributed by atoms with van der Waals surface area (Å²) in [5, 5.41) is 12.4. The number of aliphatic carboxylic acids is 1. The number of likely N-dealkylation sites (tertiary alicyclic amines) is 1. The Labute approximate surface area is 150 Å². The fraction of sp³-hybridized carbons (Fsp3) is 0.471. The number of piperidine rings is 1. The van der Waals surface area contributed by atoms with Crippen LogP contribution in [0, 0.1) is 5.41 Å². The highest BCUT2D eigenvalue weighted by molar-refractivity contribution is 6.34. The molecule has 0 radical (unpaired) electrons. The van der Waals surface area contributed by atoms with Gasteiger partial charge in [0.05, 0.1) is 16.0 Å². The smallest absolute Gasteiger partial charge is 0.321 e. The molecule has 0 saturated carbocycles. The molecule has 3 rings (SSSR count). The summed E-state index contributed by atoms with van der Waals surface area (Å²) >= 11 is 6.20. The summed E-state index contributed by atoms with van der Waals surface area (Å²) in [4.78, 5) is 39.3. The highest BCUT2D eigenvalue weighted by Gasteiger charge is 2.40. The third kappa shape index (κ3) is 3.28. The number of hydrogen-bond acceptors (Lipinski definition) is 3. The zero-order valence-corrected chi connectivity index (χ0v) is 14.7. The number of carboxylic acid groups (broad SMARTS) is 1. The van der Waals surface area contributed by atoms with Gasteiger partial charge >= 0.3 is 12.0 Å². The van der Waals surface area contributed by atoms with Crippen LogP contribution in [0.25, 0.3) is 0 Å². The van der Waals surface area contributed by atoms with E-state index in [0.717, 1.165) is 0 Å². The SMILES string of the molecule is CC1(C(=O)O)CCCN(C(=O)c2cc(N3CCNC3=O)ccc2Cl)C1. The van der Waals surface area contributed by atoms with Crippen molar-refractivity contribution in [3.05, 3.63) is 28.8 Å². The molecule has 7 nitrogen and oxygen atoms in total. The van der Waals surface area contributed by atoms with Crippen molar-refractivity contribution in [2.24, 2.45) is 5.41 Å². The monoisotopic (exact) mass is 365 g/mol. The number of hydrogen-bond donors (Lipinski definition) is 2. The molecular formula is C17H20ClN3O4. The fourth-order valence-corrected chi connectivity index (χ4v) is 3.52. The van der Waals surface area contributed by atoms with E-state index in [1.54, 1.807) is 30.0 Å². The standard InChI is InChI=1S/C17H20ClN3O4/c1-17(15(23)24)5-2-7-20(10-17)14(22)12-9-11(3-4-13(12)18)21-8-6-19-16(21)25/h3-4,9H,2,5-8,10H2,1H3,(H,19,25)(H,23,24). The maximum Gasteiger partial charge on any atom is 0.321 e. The van der Waals surface area contributed by atoms with Gasteiger partial charge < -0.3 is 15.3 Å². The first-order chi connectivity index (χ1) is 11.8. The molecule has 3 amide bonds. The third-order valence-electron chi connectivity index (χ3n) is 4.85. The Hall–Kier alpha value is -2.28. The van der Waals surface area contributed by atoms with Crippen molar-refractivity contribution < 1.29 is 19.5 Å². The molecule has 1 aromatic carbocycles. The molecule has 25 heavy (non-hydrogen) atoms. The van der Waals surface area contributed by atoms with E-state index in [2.05, 4.69) is 5.32 Å². The van der Waals surface area contributed by atoms with Crippen molar-refractivity contribution in [2.45, 2.75) is 19.8 Å². The lowest BCUT2D eigenvalue weighted by molar-refractivity contribution is -0.150. The van der Waals surface area contributed by atoms with E-state index in [1.807, 2.05) is 0 Å². The van der Waals surface area contributed by atoms with E-state index < -0.39 is 11.4 Å². The number of carboxylic acids is 1. The maximum absolute atomic E-state index is 12.9. The van der Waals surface area contributed by atoms with Crippen LogP contribution in [0.15, 0.2) is 18.2 Å². The van der Waals surface area contributed by atoms with Gasteiger partial charge in [-0.15, -0.1) is 0 Å². The van der Waals surface area contributed by atoms with Gasteiger partial charge in [0.1, 0.15) is 0 Å². The van der Waals surface area contributed by atoms with Crippen molar-refractivity contribution in [1.29, 1.82) is 0 Å². The molecule has 0 bridgehead atoms. The summed E-state index contributed by atoms with van der Waals surface area (Å²) in [6.07, 6.45) is 1.16. The fourth-order valence-electron chi connectivity index (χ4n) is 3.32. The minimum atomic E-state index is -0.952. The lowest BCUT2D eigenvalue weighted by Gasteiger charge is -2.37. The first-order valence-corrected chi connectivity index (χ1v) is 8.57. The van der Waals surface area contributed by atoms with Crippen LogP contribution in [-0.4, -0.2) is 54.1 Å². The van der Waals surface area contributed by atoms with Gasteiger partial charge in [-0.25, -0.2) is 4.79 Å². The molecule has 2 aliphatic rings. The molecular weight excluding hydrogens is 346 g/mol. The van der Waals surface area contributed by atoms with Crippen LogP contribution in [0.4, 0.5) is 10.5 Å². The summed E-state index contributed by atoms with van der Waals surface area (Å²) in [5.74, 6) is -1.21. The van der Waals surface area contributed by atoms with Gasteiger partial charge in [-0.05, 0) is 38.0 Å². The average molecular weight is 366 g/mol. The van der Waals surface area contributed by atoms with E-state index in [0.29, 0.717) is 38.2 Å². The van der Waals surface area contributed by atoms with Gasteiger partial charge in [-0.1, -0.05) is 11.6 Å². The molecule has 0 aromatic heterocycles. The number of carbonyl (C=O) groups is 3. The lowest BCUT2D eigenvalue weighted by Crippen LogP contribution is -2.48. The summed E-state index contributed by atoms with van der Waals surface area (Å²) in [5.41, 5.74) is -0.0680. The van der Waals surface area contributed by atoms with E-state index in [-0.39, 0.29) is 29.1 Å². The molecule has 1 aromatic rings. The minimum absolute atomic E-state index is 0.145. The number of nitrogens with one attached hydrogen (secondary N) is 1. The number of carbonyl (C=O) groups excluding carboxylic acids is 2. The topological polar surface area (TPSA) is 89.9 Å². The van der Waals surface area contributed by atoms with E-state index in [1.165, 1.54) is 4.90 Å². The first-order valence-electron chi connectivity index (χ1n) is 8.19. The van der Waals surface area contributed by atoms with E-state index >= 15 is 0 Å². The number of urea groups is 1. The van der Waals surface area contributed by atoms with Gasteiger partial charge in [0.15, 0.2) is 0 Å². The van der Waals surface area contributed by atoms with Crippen molar-refractivity contribution in [1.82, 2.24) is 10.2 Å². The van der Waals surface area contributed by atoms with Crippen LogP contribution >= 0.6 is 11.6 Å². The van der Waals surface area contributed by atoms with E-state index in [4.69, 9.17) is 11.6 Å². The molecule has 1 atom stereocenters. The van der Waals surface area contributed by atoms with Crippen molar-refractivity contribution in [2.75, 3.05) is 31.1 Å². The number of benzene rings is 1. The van der Waals surface area contributed by atoms with Crippen LogP contribution in [0.5, 0.6) is 0 Å². The second-order valence-corrected chi connectivity index (χ2v) is 7.15. The van der Waals surface area contributed by atoms with Gasteiger partial charge in [0, 0.05) is 31.9 Å². The molecule has 2 heterocycles. The molecule has 0 aliphatic carbocycles.